The molecule has 0 bridgehead atoms. The van der Waals surface area contributed by atoms with E-state index >= 15 is 0 Å². The minimum absolute atomic E-state index is 0.00213. The summed E-state index contributed by atoms with van der Waals surface area (Å²) in [6.45, 7) is 0.955. The predicted octanol–water partition coefficient (Wildman–Crippen LogP) is 1.47. The van der Waals surface area contributed by atoms with Crippen LogP contribution in [0.3, 0.4) is 0 Å². The summed E-state index contributed by atoms with van der Waals surface area (Å²) >= 11 is 0. The van der Waals surface area contributed by atoms with Gasteiger partial charge < -0.3 is 24.6 Å². The maximum Gasteiger partial charge on any atom is 0.251 e. The molecule has 1 aromatic rings. The number of rotatable bonds is 6. The van der Waals surface area contributed by atoms with Crippen LogP contribution in [-0.4, -0.2) is 43.2 Å². The molecule has 2 aliphatic rings. The van der Waals surface area contributed by atoms with Gasteiger partial charge in [0.25, 0.3) is 5.91 Å². The van der Waals surface area contributed by atoms with Gasteiger partial charge in [0, 0.05) is 12.1 Å². The van der Waals surface area contributed by atoms with Gasteiger partial charge in [-0.1, -0.05) is 12.8 Å². The van der Waals surface area contributed by atoms with Crippen molar-refractivity contribution >= 4 is 5.91 Å². The highest BCUT2D eigenvalue weighted by molar-refractivity contribution is 5.95. The van der Waals surface area contributed by atoms with E-state index in [9.17, 15) is 4.79 Å². The zero-order valence-electron chi connectivity index (χ0n) is 12.5. The molecule has 6 heteroatoms. The third kappa shape index (κ3) is 3.18. The number of aliphatic hydroxyl groups excluding tert-OH is 1. The van der Waals surface area contributed by atoms with E-state index in [-0.39, 0.29) is 24.9 Å². The van der Waals surface area contributed by atoms with Gasteiger partial charge in [-0.05, 0) is 31.0 Å². The van der Waals surface area contributed by atoms with Crippen LogP contribution in [0.15, 0.2) is 18.2 Å². The van der Waals surface area contributed by atoms with Gasteiger partial charge in [-0.2, -0.15) is 0 Å². The molecule has 1 aliphatic carbocycles. The summed E-state index contributed by atoms with van der Waals surface area (Å²) < 4.78 is 16.3. The Kier molecular flexibility index (Phi) is 4.49. The number of fused-ring (bicyclic) bond motifs is 1. The van der Waals surface area contributed by atoms with E-state index in [1.54, 1.807) is 18.2 Å². The molecule has 6 nitrogen and oxygen atoms in total. The molecule has 0 unspecified atom stereocenters. The van der Waals surface area contributed by atoms with Crippen LogP contribution >= 0.6 is 0 Å². The molecule has 0 spiro atoms. The molecule has 1 aromatic carbocycles. The molecule has 0 radical (unpaired) electrons. The average molecular weight is 307 g/mol. The molecule has 22 heavy (non-hydrogen) atoms. The molecule has 120 valence electrons. The number of carbonyl (C=O) groups excluding carboxylic acids is 1. The summed E-state index contributed by atoms with van der Waals surface area (Å²) in [6, 6.07) is 5.15. The first-order valence-electron chi connectivity index (χ1n) is 7.65. The van der Waals surface area contributed by atoms with Gasteiger partial charge in [-0.15, -0.1) is 0 Å². The Hall–Kier alpha value is -1.79. The molecule has 0 aromatic heterocycles. The molecule has 1 heterocycles. The fraction of sp³-hybridized carbons (Fsp3) is 0.562. The summed E-state index contributed by atoms with van der Waals surface area (Å²) in [7, 11) is 0. The minimum Gasteiger partial charge on any atom is -0.454 e. The van der Waals surface area contributed by atoms with Crippen molar-refractivity contribution in [1.29, 1.82) is 0 Å². The van der Waals surface area contributed by atoms with Crippen LogP contribution in [0.5, 0.6) is 11.5 Å². The van der Waals surface area contributed by atoms with E-state index in [4.69, 9.17) is 19.3 Å². The van der Waals surface area contributed by atoms with Crippen LogP contribution in [0, 0.1) is 0 Å². The molecule has 0 saturated heterocycles. The predicted molar refractivity (Wildman–Crippen MR) is 79.1 cm³/mol. The van der Waals surface area contributed by atoms with Gasteiger partial charge >= 0.3 is 0 Å². The summed E-state index contributed by atoms with van der Waals surface area (Å²) in [4.78, 5) is 12.3. The Morgan fingerprint density at radius 2 is 2.05 bits per heavy atom. The SMILES string of the molecule is O=C(NCC1(OCCO)CCCC1)c1ccc2c(c1)OCO2. The second-order valence-electron chi connectivity index (χ2n) is 5.71. The maximum absolute atomic E-state index is 12.3. The second-order valence-corrected chi connectivity index (χ2v) is 5.71. The van der Waals surface area contributed by atoms with Crippen molar-refractivity contribution < 1.29 is 24.1 Å². The number of nitrogens with one attached hydrogen (secondary N) is 1. The molecular weight excluding hydrogens is 286 g/mol. The fourth-order valence-corrected chi connectivity index (χ4v) is 3.03. The molecule has 1 saturated carbocycles. The first-order valence-corrected chi connectivity index (χ1v) is 7.65. The second kappa shape index (κ2) is 6.54. The average Bonchev–Trinajstić information content (AvgIpc) is 3.19. The summed E-state index contributed by atoms with van der Waals surface area (Å²) in [5.74, 6) is 1.10. The number of amides is 1. The van der Waals surface area contributed by atoms with E-state index in [2.05, 4.69) is 5.32 Å². The van der Waals surface area contributed by atoms with E-state index in [1.165, 1.54) is 0 Å². The Morgan fingerprint density at radius 3 is 2.82 bits per heavy atom. The summed E-state index contributed by atoms with van der Waals surface area (Å²) in [5, 5.41) is 11.9. The zero-order valence-corrected chi connectivity index (χ0v) is 12.5. The summed E-state index contributed by atoms with van der Waals surface area (Å²) in [5.41, 5.74) is 0.203. The molecule has 2 N–H and O–H groups in total. The number of aliphatic hydroxyl groups is 1. The molecular formula is C16H21NO5. The van der Waals surface area contributed by atoms with Crippen LogP contribution in [0.2, 0.25) is 0 Å². The lowest BCUT2D eigenvalue weighted by Crippen LogP contribution is -2.43. The van der Waals surface area contributed by atoms with Gasteiger partial charge in [-0.3, -0.25) is 4.79 Å². The topological polar surface area (TPSA) is 77.0 Å². The monoisotopic (exact) mass is 307 g/mol. The van der Waals surface area contributed by atoms with Crippen molar-refractivity contribution in [3.05, 3.63) is 23.8 Å². The van der Waals surface area contributed by atoms with Crippen molar-refractivity contribution in [2.75, 3.05) is 26.6 Å². The first-order chi connectivity index (χ1) is 10.7. The number of carbonyl (C=O) groups is 1. The third-order valence-electron chi connectivity index (χ3n) is 4.22. The minimum atomic E-state index is -0.339. The molecule has 1 aliphatic heterocycles. The fourth-order valence-electron chi connectivity index (χ4n) is 3.03. The third-order valence-corrected chi connectivity index (χ3v) is 4.22. The highest BCUT2D eigenvalue weighted by Crippen LogP contribution is 2.34. The van der Waals surface area contributed by atoms with E-state index in [0.29, 0.717) is 30.2 Å². The van der Waals surface area contributed by atoms with E-state index < -0.39 is 0 Å². The van der Waals surface area contributed by atoms with Crippen molar-refractivity contribution in [2.45, 2.75) is 31.3 Å². The van der Waals surface area contributed by atoms with Gasteiger partial charge in [0.15, 0.2) is 11.5 Å². The van der Waals surface area contributed by atoms with E-state index in [0.717, 1.165) is 25.7 Å². The molecule has 0 atom stereocenters. The largest absolute Gasteiger partial charge is 0.454 e. The highest BCUT2D eigenvalue weighted by Gasteiger charge is 2.35. The van der Waals surface area contributed by atoms with Crippen molar-refractivity contribution in [1.82, 2.24) is 5.32 Å². The summed E-state index contributed by atoms with van der Waals surface area (Å²) in [6.07, 6.45) is 4.00. The van der Waals surface area contributed by atoms with Crippen molar-refractivity contribution in [2.24, 2.45) is 0 Å². The van der Waals surface area contributed by atoms with Crippen LogP contribution in [0.25, 0.3) is 0 Å². The number of ether oxygens (including phenoxy) is 3. The van der Waals surface area contributed by atoms with Crippen LogP contribution in [0.1, 0.15) is 36.0 Å². The van der Waals surface area contributed by atoms with Gasteiger partial charge in [0.2, 0.25) is 6.79 Å². The maximum atomic E-state index is 12.3. The normalized spacial score (nSPS) is 18.4. The molecule has 1 amide bonds. The Bertz CT molecular complexity index is 539. The Balaban J connectivity index is 1.61. The highest BCUT2D eigenvalue weighted by atomic mass is 16.7. The smallest absolute Gasteiger partial charge is 0.251 e. The molecule has 3 rings (SSSR count). The lowest BCUT2D eigenvalue weighted by molar-refractivity contribution is -0.0511. The zero-order chi connectivity index (χ0) is 15.4. The van der Waals surface area contributed by atoms with Gasteiger partial charge in [0.1, 0.15) is 0 Å². The Labute approximate surface area is 129 Å². The Morgan fingerprint density at radius 1 is 1.27 bits per heavy atom. The first kappa shape index (κ1) is 15.1. The number of hydrogen-bond donors (Lipinski definition) is 2. The number of benzene rings is 1. The standard InChI is InChI=1S/C16H21NO5/c18-7-8-22-16(5-1-2-6-16)10-17-15(19)12-3-4-13-14(9-12)21-11-20-13/h3-4,9,18H,1-2,5-8,10-11H2,(H,17,19). The molecule has 1 fully saturated rings. The van der Waals surface area contributed by atoms with Gasteiger partial charge in [-0.25, -0.2) is 0 Å². The van der Waals surface area contributed by atoms with Crippen molar-refractivity contribution in [3.8, 4) is 11.5 Å². The van der Waals surface area contributed by atoms with Crippen molar-refractivity contribution in [3.63, 3.8) is 0 Å². The van der Waals surface area contributed by atoms with Crippen LogP contribution in [-0.2, 0) is 4.74 Å². The van der Waals surface area contributed by atoms with Gasteiger partial charge in [0.05, 0.1) is 18.8 Å². The van der Waals surface area contributed by atoms with Crippen LogP contribution < -0.4 is 14.8 Å². The number of hydrogen-bond acceptors (Lipinski definition) is 5. The van der Waals surface area contributed by atoms with E-state index in [1.807, 2.05) is 0 Å². The lowest BCUT2D eigenvalue weighted by Gasteiger charge is -2.29. The lowest BCUT2D eigenvalue weighted by atomic mass is 10.0. The quantitative estimate of drug-likeness (QED) is 0.832. The van der Waals surface area contributed by atoms with Crippen LogP contribution in [0.4, 0.5) is 0 Å².